The summed E-state index contributed by atoms with van der Waals surface area (Å²) in [5.74, 6) is 0.527. The standard InChI is InChI=1S/C15H27NO4Si/c1-13-8-5-6-9-14(13)12-15(17)16-10-7-11-21(18-2,19-3)20-4/h5-6,9,13H,7-8,10-12H2,1-4H3,(H,16,17). The molecule has 1 aliphatic rings. The Morgan fingerprint density at radius 2 is 2.00 bits per heavy atom. The summed E-state index contributed by atoms with van der Waals surface area (Å²) < 4.78 is 16.0. The van der Waals surface area contributed by atoms with Crippen LogP contribution in [0.2, 0.25) is 6.04 Å². The molecule has 0 spiro atoms. The molecule has 0 aromatic carbocycles. The number of carbonyl (C=O) groups excluding carboxylic acids is 1. The van der Waals surface area contributed by atoms with Crippen molar-refractivity contribution in [1.29, 1.82) is 0 Å². The van der Waals surface area contributed by atoms with Crippen LogP contribution >= 0.6 is 0 Å². The topological polar surface area (TPSA) is 56.8 Å². The van der Waals surface area contributed by atoms with E-state index >= 15 is 0 Å². The molecule has 21 heavy (non-hydrogen) atoms. The van der Waals surface area contributed by atoms with E-state index in [9.17, 15) is 4.79 Å². The second-order valence-corrected chi connectivity index (χ2v) is 8.32. The minimum atomic E-state index is -2.51. The van der Waals surface area contributed by atoms with Crippen LogP contribution in [0.3, 0.4) is 0 Å². The third kappa shape index (κ3) is 5.74. The molecule has 0 radical (unpaired) electrons. The molecule has 1 amide bonds. The smallest absolute Gasteiger partial charge is 0.377 e. The maximum Gasteiger partial charge on any atom is 0.500 e. The molecule has 0 saturated heterocycles. The predicted octanol–water partition coefficient (Wildman–Crippen LogP) is 2.28. The van der Waals surface area contributed by atoms with Crippen molar-refractivity contribution in [3.05, 3.63) is 23.8 Å². The number of carbonyl (C=O) groups is 1. The zero-order chi connectivity index (χ0) is 15.7. The van der Waals surface area contributed by atoms with E-state index in [1.165, 1.54) is 5.57 Å². The molecular formula is C15H27NO4Si. The molecule has 1 atom stereocenters. The van der Waals surface area contributed by atoms with E-state index in [0.717, 1.165) is 12.8 Å². The Morgan fingerprint density at radius 3 is 2.57 bits per heavy atom. The summed E-state index contributed by atoms with van der Waals surface area (Å²) >= 11 is 0. The molecule has 0 fully saturated rings. The van der Waals surface area contributed by atoms with E-state index in [1.54, 1.807) is 21.3 Å². The number of allylic oxidation sites excluding steroid dienone is 3. The number of rotatable bonds is 9. The fourth-order valence-electron chi connectivity index (χ4n) is 2.36. The van der Waals surface area contributed by atoms with Gasteiger partial charge in [-0.05, 0) is 18.8 Å². The molecule has 1 N–H and O–H groups in total. The molecule has 5 nitrogen and oxygen atoms in total. The third-order valence-electron chi connectivity index (χ3n) is 3.85. The summed E-state index contributed by atoms with van der Waals surface area (Å²) in [6.07, 6.45) is 8.49. The largest absolute Gasteiger partial charge is 0.500 e. The monoisotopic (exact) mass is 313 g/mol. The molecule has 6 heteroatoms. The van der Waals surface area contributed by atoms with Crippen molar-refractivity contribution in [1.82, 2.24) is 5.32 Å². The van der Waals surface area contributed by atoms with Gasteiger partial charge >= 0.3 is 8.80 Å². The van der Waals surface area contributed by atoms with Gasteiger partial charge in [0.05, 0.1) is 0 Å². The van der Waals surface area contributed by atoms with Crippen molar-refractivity contribution in [2.45, 2.75) is 32.2 Å². The molecule has 120 valence electrons. The summed E-state index contributed by atoms with van der Waals surface area (Å²) in [5.41, 5.74) is 1.20. The van der Waals surface area contributed by atoms with Crippen LogP contribution in [-0.2, 0) is 18.1 Å². The van der Waals surface area contributed by atoms with Gasteiger partial charge in [0, 0.05) is 40.3 Å². The van der Waals surface area contributed by atoms with Crippen molar-refractivity contribution in [2.24, 2.45) is 5.92 Å². The van der Waals surface area contributed by atoms with Gasteiger partial charge in [-0.3, -0.25) is 4.79 Å². The second kappa shape index (κ2) is 9.14. The van der Waals surface area contributed by atoms with E-state index < -0.39 is 8.80 Å². The van der Waals surface area contributed by atoms with Gasteiger partial charge in [-0.2, -0.15) is 0 Å². The highest BCUT2D eigenvalue weighted by Crippen LogP contribution is 2.22. The maximum atomic E-state index is 11.9. The van der Waals surface area contributed by atoms with Gasteiger partial charge in [-0.25, -0.2) is 0 Å². The van der Waals surface area contributed by atoms with Crippen molar-refractivity contribution >= 4 is 14.7 Å². The number of hydrogen-bond acceptors (Lipinski definition) is 4. The van der Waals surface area contributed by atoms with Gasteiger partial charge in [-0.15, -0.1) is 0 Å². The van der Waals surface area contributed by atoms with Gasteiger partial charge in [0.2, 0.25) is 5.91 Å². The quantitative estimate of drug-likeness (QED) is 0.524. The molecule has 1 rings (SSSR count). The first-order valence-corrected chi connectivity index (χ1v) is 9.28. The number of amides is 1. The normalized spacial score (nSPS) is 18.5. The van der Waals surface area contributed by atoms with Gasteiger partial charge in [-0.1, -0.05) is 30.7 Å². The van der Waals surface area contributed by atoms with Crippen LogP contribution in [0.15, 0.2) is 23.8 Å². The van der Waals surface area contributed by atoms with Gasteiger partial charge in [0.15, 0.2) is 0 Å². The van der Waals surface area contributed by atoms with Crippen LogP contribution in [0.4, 0.5) is 0 Å². The van der Waals surface area contributed by atoms with Gasteiger partial charge in [0.25, 0.3) is 0 Å². The molecular weight excluding hydrogens is 286 g/mol. The fraction of sp³-hybridized carbons (Fsp3) is 0.667. The first-order valence-electron chi connectivity index (χ1n) is 7.34. The summed E-state index contributed by atoms with van der Waals surface area (Å²) in [7, 11) is 2.28. The van der Waals surface area contributed by atoms with E-state index in [-0.39, 0.29) is 5.91 Å². The number of nitrogens with one attached hydrogen (secondary N) is 1. The summed E-state index contributed by atoms with van der Waals surface area (Å²) in [6, 6.07) is 0.693. The van der Waals surface area contributed by atoms with Crippen LogP contribution in [-0.4, -0.2) is 42.6 Å². The van der Waals surface area contributed by atoms with Gasteiger partial charge < -0.3 is 18.6 Å². The Morgan fingerprint density at radius 1 is 1.33 bits per heavy atom. The van der Waals surface area contributed by atoms with Gasteiger partial charge in [0.1, 0.15) is 0 Å². The molecule has 0 heterocycles. The van der Waals surface area contributed by atoms with Crippen LogP contribution in [0, 0.1) is 5.92 Å². The zero-order valence-electron chi connectivity index (χ0n) is 13.5. The minimum absolute atomic E-state index is 0.0721. The fourth-order valence-corrected chi connectivity index (χ4v) is 4.08. The van der Waals surface area contributed by atoms with Crippen molar-refractivity contribution in [3.63, 3.8) is 0 Å². The maximum absolute atomic E-state index is 11.9. The van der Waals surface area contributed by atoms with Crippen LogP contribution in [0.5, 0.6) is 0 Å². The molecule has 0 bridgehead atoms. The Kier molecular flexibility index (Phi) is 7.88. The average molecular weight is 313 g/mol. The molecule has 1 aliphatic carbocycles. The summed E-state index contributed by atoms with van der Waals surface area (Å²) in [5, 5.41) is 2.95. The predicted molar refractivity (Wildman–Crippen MR) is 84.8 cm³/mol. The Bertz CT molecular complexity index is 383. The lowest BCUT2D eigenvalue weighted by molar-refractivity contribution is -0.120. The van der Waals surface area contributed by atoms with E-state index in [1.807, 2.05) is 12.2 Å². The van der Waals surface area contributed by atoms with Crippen molar-refractivity contribution < 1.29 is 18.1 Å². The molecule has 0 aromatic heterocycles. The molecule has 0 saturated carbocycles. The summed E-state index contributed by atoms with van der Waals surface area (Å²) in [4.78, 5) is 11.9. The lowest BCUT2D eigenvalue weighted by Gasteiger charge is -2.24. The zero-order valence-corrected chi connectivity index (χ0v) is 14.5. The van der Waals surface area contributed by atoms with Crippen LogP contribution in [0.1, 0.15) is 26.2 Å². The highest BCUT2D eigenvalue weighted by molar-refractivity contribution is 6.60. The first-order chi connectivity index (χ1) is 10.1. The third-order valence-corrected chi connectivity index (χ3v) is 6.68. The Labute approximate surface area is 128 Å². The van der Waals surface area contributed by atoms with E-state index in [0.29, 0.717) is 24.9 Å². The second-order valence-electron chi connectivity index (χ2n) is 5.23. The Hall–Kier alpha value is -0.953. The molecule has 1 unspecified atom stereocenters. The van der Waals surface area contributed by atoms with Crippen molar-refractivity contribution in [3.8, 4) is 0 Å². The van der Waals surface area contributed by atoms with E-state index in [2.05, 4.69) is 18.3 Å². The lowest BCUT2D eigenvalue weighted by Crippen LogP contribution is -2.43. The van der Waals surface area contributed by atoms with Crippen LogP contribution in [0.25, 0.3) is 0 Å². The van der Waals surface area contributed by atoms with E-state index in [4.69, 9.17) is 13.3 Å². The molecule has 0 aromatic rings. The Balaban J connectivity index is 2.28. The first kappa shape index (κ1) is 18.1. The summed E-state index contributed by atoms with van der Waals surface area (Å²) in [6.45, 7) is 2.76. The van der Waals surface area contributed by atoms with Crippen molar-refractivity contribution in [2.75, 3.05) is 27.9 Å². The highest BCUT2D eigenvalue weighted by Gasteiger charge is 2.36. The SMILES string of the molecule is CO[Si](CCCNC(=O)CC1=CC=CCC1C)(OC)OC. The number of hydrogen-bond donors (Lipinski definition) is 1. The van der Waals surface area contributed by atoms with Crippen LogP contribution < -0.4 is 5.32 Å². The molecule has 0 aliphatic heterocycles. The highest BCUT2D eigenvalue weighted by atomic mass is 28.4. The lowest BCUT2D eigenvalue weighted by atomic mass is 9.91. The minimum Gasteiger partial charge on any atom is -0.377 e. The average Bonchev–Trinajstić information content (AvgIpc) is 2.50.